The molecule has 6 heteroatoms. The zero-order valence-electron chi connectivity index (χ0n) is 12.0. The number of likely N-dealkylation sites (tertiary alicyclic amines) is 1. The fraction of sp³-hybridized carbons (Fsp3) is 0.312. The molecule has 0 radical (unpaired) electrons. The first-order valence-corrected chi connectivity index (χ1v) is 7.58. The highest BCUT2D eigenvalue weighted by Crippen LogP contribution is 2.22. The van der Waals surface area contributed by atoms with Gasteiger partial charge in [0.25, 0.3) is 11.5 Å². The van der Waals surface area contributed by atoms with Crippen molar-refractivity contribution in [2.24, 2.45) is 5.92 Å². The summed E-state index contributed by atoms with van der Waals surface area (Å²) in [4.78, 5) is 31.5. The fourth-order valence-electron chi connectivity index (χ4n) is 2.76. The molecule has 1 saturated heterocycles. The van der Waals surface area contributed by atoms with Gasteiger partial charge in [0, 0.05) is 24.3 Å². The number of benzene rings is 1. The summed E-state index contributed by atoms with van der Waals surface area (Å²) in [7, 11) is 0. The first-order chi connectivity index (χ1) is 10.6. The number of hydrogen-bond acceptors (Lipinski definition) is 3. The van der Waals surface area contributed by atoms with E-state index >= 15 is 0 Å². The van der Waals surface area contributed by atoms with Crippen LogP contribution in [0.3, 0.4) is 0 Å². The Morgan fingerprint density at radius 1 is 1.36 bits per heavy atom. The van der Waals surface area contributed by atoms with E-state index in [1.54, 1.807) is 4.90 Å². The molecule has 5 nitrogen and oxygen atoms in total. The molecule has 1 aliphatic rings. The van der Waals surface area contributed by atoms with Crippen molar-refractivity contribution >= 4 is 17.5 Å². The Labute approximate surface area is 132 Å². The quantitative estimate of drug-likeness (QED) is 0.943. The lowest BCUT2D eigenvalue weighted by Crippen LogP contribution is -2.30. The standard InChI is InChI=1S/C16H16ClN3O2/c17-13-3-1-11(2-4-13)7-12-5-6-20(10-12)16(22)14-8-19-15(21)9-18-14/h1-4,8-9,12H,5-7,10H2,(H,19,21). The Morgan fingerprint density at radius 2 is 2.14 bits per heavy atom. The first-order valence-electron chi connectivity index (χ1n) is 7.20. The van der Waals surface area contributed by atoms with Gasteiger partial charge in [-0.2, -0.15) is 0 Å². The maximum atomic E-state index is 12.3. The highest BCUT2D eigenvalue weighted by atomic mass is 35.5. The molecule has 3 rings (SSSR count). The monoisotopic (exact) mass is 317 g/mol. The fourth-order valence-corrected chi connectivity index (χ4v) is 2.88. The molecule has 2 aromatic rings. The number of aromatic amines is 1. The maximum Gasteiger partial charge on any atom is 0.273 e. The zero-order valence-corrected chi connectivity index (χ0v) is 12.7. The summed E-state index contributed by atoms with van der Waals surface area (Å²) in [6.07, 6.45) is 4.41. The number of H-pyrrole nitrogens is 1. The number of carbonyl (C=O) groups is 1. The molecule has 1 aromatic carbocycles. The maximum absolute atomic E-state index is 12.3. The predicted octanol–water partition coefficient (Wildman–Crippen LogP) is 2.13. The number of halogens is 1. The summed E-state index contributed by atoms with van der Waals surface area (Å²) < 4.78 is 0. The number of aromatic nitrogens is 2. The minimum Gasteiger partial charge on any atom is -0.337 e. The van der Waals surface area contributed by atoms with Gasteiger partial charge < -0.3 is 9.88 Å². The van der Waals surface area contributed by atoms with Gasteiger partial charge in [-0.25, -0.2) is 4.98 Å². The van der Waals surface area contributed by atoms with E-state index in [-0.39, 0.29) is 17.2 Å². The molecule has 0 saturated carbocycles. The van der Waals surface area contributed by atoms with Crippen molar-refractivity contribution in [3.63, 3.8) is 0 Å². The summed E-state index contributed by atoms with van der Waals surface area (Å²) in [6.45, 7) is 1.43. The Bertz CT molecular complexity index is 706. The summed E-state index contributed by atoms with van der Waals surface area (Å²) >= 11 is 5.89. The van der Waals surface area contributed by atoms with E-state index in [4.69, 9.17) is 11.6 Å². The second-order valence-corrected chi connectivity index (χ2v) is 5.97. The van der Waals surface area contributed by atoms with E-state index in [1.807, 2.05) is 24.3 Å². The van der Waals surface area contributed by atoms with Crippen molar-refractivity contribution in [1.29, 1.82) is 0 Å². The molecule has 1 aromatic heterocycles. The highest BCUT2D eigenvalue weighted by Gasteiger charge is 2.27. The summed E-state index contributed by atoms with van der Waals surface area (Å²) in [5.41, 5.74) is 1.20. The Balaban J connectivity index is 1.62. The number of rotatable bonds is 3. The summed E-state index contributed by atoms with van der Waals surface area (Å²) in [6, 6.07) is 7.82. The molecule has 1 N–H and O–H groups in total. The zero-order chi connectivity index (χ0) is 15.5. The number of hydrogen-bond donors (Lipinski definition) is 1. The third kappa shape index (κ3) is 3.36. The smallest absolute Gasteiger partial charge is 0.273 e. The van der Waals surface area contributed by atoms with Gasteiger partial charge in [-0.1, -0.05) is 23.7 Å². The molecule has 1 unspecified atom stereocenters. The molecule has 22 heavy (non-hydrogen) atoms. The van der Waals surface area contributed by atoms with Crippen LogP contribution in [-0.4, -0.2) is 33.9 Å². The molecule has 1 aliphatic heterocycles. The van der Waals surface area contributed by atoms with E-state index < -0.39 is 0 Å². The van der Waals surface area contributed by atoms with Gasteiger partial charge in [0.2, 0.25) is 0 Å². The average molecular weight is 318 g/mol. The van der Waals surface area contributed by atoms with Crippen LogP contribution in [0.5, 0.6) is 0 Å². The lowest BCUT2D eigenvalue weighted by atomic mass is 9.99. The van der Waals surface area contributed by atoms with E-state index in [0.717, 1.165) is 30.6 Å². The van der Waals surface area contributed by atoms with Crippen molar-refractivity contribution in [3.8, 4) is 0 Å². The van der Waals surface area contributed by atoms with Gasteiger partial charge in [-0.15, -0.1) is 0 Å². The average Bonchev–Trinajstić information content (AvgIpc) is 2.98. The Kier molecular flexibility index (Phi) is 4.24. The van der Waals surface area contributed by atoms with Gasteiger partial charge in [0.05, 0.1) is 6.20 Å². The topological polar surface area (TPSA) is 66.1 Å². The van der Waals surface area contributed by atoms with Crippen LogP contribution in [0.25, 0.3) is 0 Å². The van der Waals surface area contributed by atoms with Crippen LogP contribution in [0, 0.1) is 5.92 Å². The van der Waals surface area contributed by atoms with Gasteiger partial charge >= 0.3 is 0 Å². The van der Waals surface area contributed by atoms with Crippen LogP contribution in [-0.2, 0) is 6.42 Å². The van der Waals surface area contributed by atoms with E-state index in [1.165, 1.54) is 11.8 Å². The van der Waals surface area contributed by atoms with Gasteiger partial charge in [0.1, 0.15) is 5.69 Å². The third-order valence-corrected chi connectivity index (χ3v) is 4.15. The van der Waals surface area contributed by atoms with Gasteiger partial charge in [-0.3, -0.25) is 9.59 Å². The van der Waals surface area contributed by atoms with Crippen molar-refractivity contribution in [3.05, 3.63) is 63.3 Å². The SMILES string of the molecule is O=C(c1c[nH]c(=O)cn1)N1CCC(Cc2ccc(Cl)cc2)C1. The molecule has 1 atom stereocenters. The first kappa shape index (κ1) is 14.8. The number of nitrogens with zero attached hydrogens (tertiary/aromatic N) is 2. The molecular weight excluding hydrogens is 302 g/mol. The molecule has 1 amide bonds. The van der Waals surface area contributed by atoms with Crippen LogP contribution < -0.4 is 5.56 Å². The lowest BCUT2D eigenvalue weighted by Gasteiger charge is -2.16. The number of carbonyl (C=O) groups excluding carboxylic acids is 1. The van der Waals surface area contributed by atoms with Gasteiger partial charge in [-0.05, 0) is 36.5 Å². The van der Waals surface area contributed by atoms with Gasteiger partial charge in [0.15, 0.2) is 0 Å². The third-order valence-electron chi connectivity index (χ3n) is 3.90. The van der Waals surface area contributed by atoms with Crippen LogP contribution >= 0.6 is 11.6 Å². The number of nitrogens with one attached hydrogen (secondary N) is 1. The molecule has 0 bridgehead atoms. The molecular formula is C16H16ClN3O2. The van der Waals surface area contributed by atoms with Crippen molar-refractivity contribution in [2.75, 3.05) is 13.1 Å². The molecule has 114 valence electrons. The highest BCUT2D eigenvalue weighted by molar-refractivity contribution is 6.30. The molecule has 0 aliphatic carbocycles. The lowest BCUT2D eigenvalue weighted by molar-refractivity contribution is 0.0780. The molecule has 1 fully saturated rings. The summed E-state index contributed by atoms with van der Waals surface area (Å²) in [5.74, 6) is 0.308. The van der Waals surface area contributed by atoms with Crippen LogP contribution in [0.15, 0.2) is 41.5 Å². The largest absolute Gasteiger partial charge is 0.337 e. The van der Waals surface area contributed by atoms with Crippen molar-refractivity contribution in [1.82, 2.24) is 14.9 Å². The van der Waals surface area contributed by atoms with Crippen molar-refractivity contribution < 1.29 is 4.79 Å². The van der Waals surface area contributed by atoms with E-state index in [2.05, 4.69) is 9.97 Å². The Hall–Kier alpha value is -2.14. The second-order valence-electron chi connectivity index (χ2n) is 5.53. The molecule has 0 spiro atoms. The normalized spacial score (nSPS) is 17.7. The summed E-state index contributed by atoms with van der Waals surface area (Å²) in [5, 5.41) is 0.733. The predicted molar refractivity (Wildman–Crippen MR) is 84.0 cm³/mol. The second kappa shape index (κ2) is 6.32. The van der Waals surface area contributed by atoms with Crippen LogP contribution in [0.2, 0.25) is 5.02 Å². The van der Waals surface area contributed by atoms with Crippen LogP contribution in [0.4, 0.5) is 0 Å². The molecule has 2 heterocycles. The number of amides is 1. The minimum atomic E-state index is -0.307. The van der Waals surface area contributed by atoms with E-state index in [0.29, 0.717) is 12.5 Å². The Morgan fingerprint density at radius 3 is 2.82 bits per heavy atom. The van der Waals surface area contributed by atoms with Crippen LogP contribution in [0.1, 0.15) is 22.5 Å². The minimum absolute atomic E-state index is 0.130. The van der Waals surface area contributed by atoms with E-state index in [9.17, 15) is 9.59 Å². The van der Waals surface area contributed by atoms with Crippen molar-refractivity contribution in [2.45, 2.75) is 12.8 Å².